The zero-order valence-electron chi connectivity index (χ0n) is 9.79. The molecule has 0 bridgehead atoms. The van der Waals surface area contributed by atoms with Gasteiger partial charge in [-0.2, -0.15) is 0 Å². The fourth-order valence-electron chi connectivity index (χ4n) is 1.68. The van der Waals surface area contributed by atoms with Crippen molar-refractivity contribution < 1.29 is 9.53 Å². The van der Waals surface area contributed by atoms with Gasteiger partial charge in [0, 0.05) is 19.0 Å². The van der Waals surface area contributed by atoms with E-state index in [4.69, 9.17) is 16.9 Å². The molecule has 16 heavy (non-hydrogen) atoms. The van der Waals surface area contributed by atoms with Crippen LogP contribution in [-0.4, -0.2) is 31.7 Å². The number of carbonyl (C=O) groups excluding carboxylic acids is 1. The molecule has 0 saturated carbocycles. The largest absolute Gasteiger partial charge is 0.379 e. The van der Waals surface area contributed by atoms with E-state index in [9.17, 15) is 4.79 Å². The van der Waals surface area contributed by atoms with Gasteiger partial charge in [-0.25, -0.2) is 0 Å². The highest BCUT2D eigenvalue weighted by atomic mass is 16.5. The molecule has 0 radical (unpaired) electrons. The first kappa shape index (κ1) is 13.0. The van der Waals surface area contributed by atoms with Gasteiger partial charge in [0.15, 0.2) is 0 Å². The van der Waals surface area contributed by atoms with Crippen LogP contribution in [0.3, 0.4) is 0 Å². The topological polar surface area (TPSA) is 64.3 Å². The van der Waals surface area contributed by atoms with E-state index < -0.39 is 5.41 Å². The van der Waals surface area contributed by atoms with Crippen LogP contribution in [0.4, 0.5) is 0 Å². The maximum Gasteiger partial charge on any atom is 0.229 e. The number of hydrogen-bond donors (Lipinski definition) is 2. The SMILES string of the molecule is C#CCCCCNC(=O)C1(C)COCC1N. The lowest BCUT2D eigenvalue weighted by Crippen LogP contribution is -2.50. The van der Waals surface area contributed by atoms with Crippen LogP contribution in [0.1, 0.15) is 26.2 Å². The first-order valence-electron chi connectivity index (χ1n) is 5.66. The Morgan fingerprint density at radius 3 is 3.00 bits per heavy atom. The normalized spacial score (nSPS) is 28.7. The summed E-state index contributed by atoms with van der Waals surface area (Å²) in [4.78, 5) is 11.9. The number of ether oxygens (including phenoxy) is 1. The van der Waals surface area contributed by atoms with E-state index >= 15 is 0 Å². The molecule has 0 aromatic rings. The van der Waals surface area contributed by atoms with Crippen LogP contribution in [0.25, 0.3) is 0 Å². The average molecular weight is 224 g/mol. The zero-order chi connectivity index (χ0) is 12.0. The molecule has 4 nitrogen and oxygen atoms in total. The quantitative estimate of drug-likeness (QED) is 0.520. The summed E-state index contributed by atoms with van der Waals surface area (Å²) in [6.07, 6.45) is 7.74. The van der Waals surface area contributed by atoms with Crippen molar-refractivity contribution in [3.63, 3.8) is 0 Å². The molecule has 1 amide bonds. The van der Waals surface area contributed by atoms with Crippen LogP contribution in [0, 0.1) is 17.8 Å². The van der Waals surface area contributed by atoms with Gasteiger partial charge >= 0.3 is 0 Å². The zero-order valence-corrected chi connectivity index (χ0v) is 9.79. The summed E-state index contributed by atoms with van der Waals surface area (Å²) >= 11 is 0. The Balaban J connectivity index is 2.27. The highest BCUT2D eigenvalue weighted by Crippen LogP contribution is 2.26. The lowest BCUT2D eigenvalue weighted by atomic mass is 9.85. The summed E-state index contributed by atoms with van der Waals surface area (Å²) in [6.45, 7) is 3.37. The lowest BCUT2D eigenvalue weighted by molar-refractivity contribution is -0.130. The Kier molecular flexibility index (Phi) is 4.78. The van der Waals surface area contributed by atoms with E-state index in [2.05, 4.69) is 11.2 Å². The Labute approximate surface area is 96.9 Å². The molecule has 0 aromatic carbocycles. The standard InChI is InChI=1S/C12H20N2O2/c1-3-4-5-6-7-14-11(15)12(2)9-16-8-10(12)13/h1,10H,4-9,13H2,2H3,(H,14,15). The molecule has 0 spiro atoms. The van der Waals surface area contributed by atoms with Crippen LogP contribution in [-0.2, 0) is 9.53 Å². The molecule has 2 atom stereocenters. The summed E-state index contributed by atoms with van der Waals surface area (Å²) in [6, 6.07) is -0.210. The van der Waals surface area contributed by atoms with Crippen molar-refractivity contribution in [1.82, 2.24) is 5.32 Å². The number of rotatable bonds is 5. The third-order valence-corrected chi connectivity index (χ3v) is 3.07. The van der Waals surface area contributed by atoms with Gasteiger partial charge in [-0.15, -0.1) is 12.3 Å². The summed E-state index contributed by atoms with van der Waals surface area (Å²) in [5.41, 5.74) is 5.28. The van der Waals surface area contributed by atoms with Crippen LogP contribution < -0.4 is 11.1 Å². The van der Waals surface area contributed by atoms with Crippen LogP contribution in [0.2, 0.25) is 0 Å². The number of terminal acetylenes is 1. The molecule has 4 heteroatoms. The van der Waals surface area contributed by atoms with E-state index in [1.54, 1.807) is 0 Å². The number of unbranched alkanes of at least 4 members (excludes halogenated alkanes) is 2. The lowest BCUT2D eigenvalue weighted by Gasteiger charge is -2.25. The van der Waals surface area contributed by atoms with Gasteiger partial charge in [0.2, 0.25) is 5.91 Å². The molecule has 0 aromatic heterocycles. The number of nitrogens with two attached hydrogens (primary N) is 1. The van der Waals surface area contributed by atoms with Crippen molar-refractivity contribution >= 4 is 5.91 Å². The second kappa shape index (κ2) is 5.88. The Hall–Kier alpha value is -1.05. The summed E-state index contributed by atoms with van der Waals surface area (Å²) in [5, 5.41) is 2.89. The van der Waals surface area contributed by atoms with Crippen molar-refractivity contribution in [2.45, 2.75) is 32.2 Å². The van der Waals surface area contributed by atoms with Gasteiger partial charge < -0.3 is 15.8 Å². The fraction of sp³-hybridized carbons (Fsp3) is 0.750. The smallest absolute Gasteiger partial charge is 0.229 e. The minimum Gasteiger partial charge on any atom is -0.379 e. The molecule has 3 N–H and O–H groups in total. The summed E-state index contributed by atoms with van der Waals surface area (Å²) in [5.74, 6) is 2.56. The number of hydrogen-bond acceptors (Lipinski definition) is 3. The van der Waals surface area contributed by atoms with Crippen LogP contribution in [0.15, 0.2) is 0 Å². The molecule has 1 aliphatic rings. The number of carbonyl (C=O) groups is 1. The van der Waals surface area contributed by atoms with Crippen molar-refractivity contribution in [2.24, 2.45) is 11.1 Å². The monoisotopic (exact) mass is 224 g/mol. The molecular weight excluding hydrogens is 204 g/mol. The Morgan fingerprint density at radius 1 is 1.69 bits per heavy atom. The highest BCUT2D eigenvalue weighted by molar-refractivity contribution is 5.83. The maximum atomic E-state index is 11.9. The molecule has 1 saturated heterocycles. The molecule has 1 rings (SSSR count). The van der Waals surface area contributed by atoms with Crippen molar-refractivity contribution in [3.05, 3.63) is 0 Å². The van der Waals surface area contributed by atoms with Gasteiger partial charge in [0.05, 0.1) is 18.6 Å². The van der Waals surface area contributed by atoms with E-state index in [0.717, 1.165) is 19.3 Å². The van der Waals surface area contributed by atoms with Crippen molar-refractivity contribution in [3.8, 4) is 12.3 Å². The van der Waals surface area contributed by atoms with Gasteiger partial charge in [0.1, 0.15) is 0 Å². The van der Waals surface area contributed by atoms with Crippen LogP contribution in [0.5, 0.6) is 0 Å². The third kappa shape index (κ3) is 2.97. The molecule has 1 fully saturated rings. The van der Waals surface area contributed by atoms with E-state index in [1.807, 2.05) is 6.92 Å². The van der Waals surface area contributed by atoms with E-state index in [1.165, 1.54) is 0 Å². The second-order valence-electron chi connectivity index (χ2n) is 4.46. The van der Waals surface area contributed by atoms with Gasteiger partial charge in [0.25, 0.3) is 0 Å². The Bertz CT molecular complexity index is 285. The average Bonchev–Trinajstić information content (AvgIpc) is 2.60. The molecule has 1 heterocycles. The predicted molar refractivity (Wildman–Crippen MR) is 62.6 cm³/mol. The Morgan fingerprint density at radius 2 is 2.44 bits per heavy atom. The minimum absolute atomic E-state index is 0.0155. The van der Waals surface area contributed by atoms with Gasteiger partial charge in [-0.3, -0.25) is 4.79 Å². The van der Waals surface area contributed by atoms with E-state index in [0.29, 0.717) is 19.8 Å². The number of amides is 1. The first-order chi connectivity index (χ1) is 7.61. The first-order valence-corrected chi connectivity index (χ1v) is 5.66. The molecule has 2 unspecified atom stereocenters. The second-order valence-corrected chi connectivity index (χ2v) is 4.46. The van der Waals surface area contributed by atoms with Crippen LogP contribution >= 0.6 is 0 Å². The van der Waals surface area contributed by atoms with E-state index in [-0.39, 0.29) is 11.9 Å². The van der Waals surface area contributed by atoms with Gasteiger partial charge in [-0.1, -0.05) is 0 Å². The number of nitrogens with one attached hydrogen (secondary N) is 1. The summed E-state index contributed by atoms with van der Waals surface area (Å²) in [7, 11) is 0. The van der Waals surface area contributed by atoms with Gasteiger partial charge in [-0.05, 0) is 19.8 Å². The maximum absolute atomic E-state index is 11.9. The van der Waals surface area contributed by atoms with Crippen molar-refractivity contribution in [1.29, 1.82) is 0 Å². The third-order valence-electron chi connectivity index (χ3n) is 3.07. The highest BCUT2D eigenvalue weighted by Gasteiger charge is 2.43. The fourth-order valence-corrected chi connectivity index (χ4v) is 1.68. The molecule has 1 aliphatic heterocycles. The molecular formula is C12H20N2O2. The predicted octanol–water partition coefficient (Wildman–Crippen LogP) is 0.270. The summed E-state index contributed by atoms with van der Waals surface area (Å²) < 4.78 is 5.23. The minimum atomic E-state index is -0.577. The molecule has 0 aliphatic carbocycles. The molecule has 90 valence electrons. The van der Waals surface area contributed by atoms with Crippen molar-refractivity contribution in [2.75, 3.05) is 19.8 Å².